The number of piperidine rings is 1. The van der Waals surface area contributed by atoms with Crippen molar-refractivity contribution in [2.24, 2.45) is 7.05 Å². The Balaban J connectivity index is 1.84. The van der Waals surface area contributed by atoms with Gasteiger partial charge in [-0.25, -0.2) is 4.98 Å². The third-order valence-electron chi connectivity index (χ3n) is 4.94. The molecule has 1 aliphatic rings. The van der Waals surface area contributed by atoms with Crippen LogP contribution in [0.25, 0.3) is 10.9 Å². The van der Waals surface area contributed by atoms with Gasteiger partial charge in [0, 0.05) is 38.9 Å². The minimum absolute atomic E-state index is 0.0338. The van der Waals surface area contributed by atoms with Gasteiger partial charge in [0.2, 0.25) is 0 Å². The number of likely N-dealkylation sites (tertiary alicyclic amines) is 1. The zero-order valence-electron chi connectivity index (χ0n) is 14.9. The van der Waals surface area contributed by atoms with Crippen molar-refractivity contribution < 1.29 is 9.53 Å². The summed E-state index contributed by atoms with van der Waals surface area (Å²) in [5, 5.41) is 0.539. The highest BCUT2D eigenvalue weighted by Crippen LogP contribution is 2.23. The first-order valence-corrected chi connectivity index (χ1v) is 8.87. The largest absolute Gasteiger partial charge is 0.385 e. The van der Waals surface area contributed by atoms with Crippen LogP contribution in [-0.4, -0.2) is 46.7 Å². The molecule has 0 aliphatic carbocycles. The molecule has 1 atom stereocenters. The summed E-state index contributed by atoms with van der Waals surface area (Å²) in [6.45, 7) is 1.51. The van der Waals surface area contributed by atoms with Gasteiger partial charge in [0.25, 0.3) is 11.5 Å². The Labute approximate surface area is 147 Å². The predicted molar refractivity (Wildman–Crippen MR) is 96.8 cm³/mol. The number of hydrogen-bond donors (Lipinski definition) is 0. The number of fused-ring (bicyclic) bond motifs is 1. The number of carbonyl (C=O) groups excluding carboxylic acids is 1. The molecule has 1 aliphatic heterocycles. The van der Waals surface area contributed by atoms with Crippen LogP contribution < -0.4 is 5.56 Å². The Morgan fingerprint density at radius 1 is 1.36 bits per heavy atom. The fourth-order valence-corrected chi connectivity index (χ4v) is 3.54. The van der Waals surface area contributed by atoms with Crippen LogP contribution in [0.1, 0.15) is 42.5 Å². The SMILES string of the molecule is COCCCC1CCCCN1C(=O)c1ccc2c(=O)n(C)cnc2c1. The standard InChI is InChI=1S/C19H25N3O3/c1-21-13-20-17-12-14(8-9-16(17)19(21)24)18(23)22-10-4-3-6-15(22)7-5-11-25-2/h8-9,12-13,15H,3-7,10-11H2,1-2H3. The summed E-state index contributed by atoms with van der Waals surface area (Å²) in [5.41, 5.74) is 1.08. The Morgan fingerprint density at radius 3 is 3.00 bits per heavy atom. The summed E-state index contributed by atoms with van der Waals surface area (Å²) in [7, 11) is 3.38. The lowest BCUT2D eigenvalue weighted by molar-refractivity contribution is 0.0585. The van der Waals surface area contributed by atoms with Crippen LogP contribution in [0.4, 0.5) is 0 Å². The second-order valence-corrected chi connectivity index (χ2v) is 6.68. The zero-order valence-corrected chi connectivity index (χ0v) is 14.9. The van der Waals surface area contributed by atoms with Crippen molar-refractivity contribution >= 4 is 16.8 Å². The summed E-state index contributed by atoms with van der Waals surface area (Å²) in [4.78, 5) is 31.4. The number of aromatic nitrogens is 2. The first-order chi connectivity index (χ1) is 12.1. The minimum atomic E-state index is -0.0978. The average molecular weight is 343 g/mol. The van der Waals surface area contributed by atoms with E-state index in [9.17, 15) is 9.59 Å². The number of hydrogen-bond acceptors (Lipinski definition) is 4. The van der Waals surface area contributed by atoms with Crippen LogP contribution >= 0.6 is 0 Å². The van der Waals surface area contributed by atoms with Gasteiger partial charge in [-0.15, -0.1) is 0 Å². The van der Waals surface area contributed by atoms with Crippen LogP contribution in [0, 0.1) is 0 Å². The smallest absolute Gasteiger partial charge is 0.260 e. The van der Waals surface area contributed by atoms with E-state index in [4.69, 9.17) is 4.74 Å². The van der Waals surface area contributed by atoms with E-state index in [0.717, 1.165) is 45.3 Å². The molecular formula is C19H25N3O3. The third-order valence-corrected chi connectivity index (χ3v) is 4.94. The topological polar surface area (TPSA) is 64.4 Å². The van der Waals surface area contributed by atoms with E-state index in [1.54, 1.807) is 32.4 Å². The van der Waals surface area contributed by atoms with Crippen LogP contribution in [0.5, 0.6) is 0 Å². The number of benzene rings is 1. The zero-order chi connectivity index (χ0) is 17.8. The van der Waals surface area contributed by atoms with E-state index >= 15 is 0 Å². The van der Waals surface area contributed by atoms with Gasteiger partial charge in [-0.3, -0.25) is 9.59 Å². The molecule has 25 heavy (non-hydrogen) atoms. The maximum Gasteiger partial charge on any atom is 0.260 e. The Hall–Kier alpha value is -2.21. The van der Waals surface area contributed by atoms with Crippen molar-refractivity contribution in [2.75, 3.05) is 20.3 Å². The molecule has 1 saturated heterocycles. The van der Waals surface area contributed by atoms with Crippen LogP contribution in [0.15, 0.2) is 29.3 Å². The number of ether oxygens (including phenoxy) is 1. The quantitative estimate of drug-likeness (QED) is 0.782. The number of amides is 1. The summed E-state index contributed by atoms with van der Waals surface area (Å²) >= 11 is 0. The van der Waals surface area contributed by atoms with Gasteiger partial charge in [-0.2, -0.15) is 0 Å². The first kappa shape index (κ1) is 17.6. The van der Waals surface area contributed by atoms with Crippen molar-refractivity contribution in [2.45, 2.75) is 38.1 Å². The molecule has 2 heterocycles. The molecule has 0 bridgehead atoms. The highest BCUT2D eigenvalue weighted by Gasteiger charge is 2.27. The molecule has 1 amide bonds. The minimum Gasteiger partial charge on any atom is -0.385 e. The molecule has 6 heteroatoms. The summed E-state index contributed by atoms with van der Waals surface area (Å²) in [5.74, 6) is 0.0338. The predicted octanol–water partition coefficient (Wildman–Crippen LogP) is 2.35. The lowest BCUT2D eigenvalue weighted by atomic mass is 9.97. The molecule has 134 valence electrons. The maximum atomic E-state index is 13.0. The number of rotatable bonds is 5. The van der Waals surface area contributed by atoms with E-state index in [-0.39, 0.29) is 17.5 Å². The molecule has 3 rings (SSSR count). The van der Waals surface area contributed by atoms with E-state index in [2.05, 4.69) is 4.98 Å². The molecule has 0 spiro atoms. The number of carbonyl (C=O) groups is 1. The van der Waals surface area contributed by atoms with Crippen molar-refractivity contribution in [1.29, 1.82) is 0 Å². The second kappa shape index (κ2) is 7.78. The maximum absolute atomic E-state index is 13.0. The van der Waals surface area contributed by atoms with Crippen LogP contribution in [0.3, 0.4) is 0 Å². The Bertz CT molecular complexity index is 815. The molecule has 0 N–H and O–H groups in total. The fraction of sp³-hybridized carbons (Fsp3) is 0.526. The van der Waals surface area contributed by atoms with E-state index in [0.29, 0.717) is 16.5 Å². The number of methoxy groups -OCH3 is 1. The average Bonchev–Trinajstić information content (AvgIpc) is 2.64. The molecule has 1 fully saturated rings. The first-order valence-electron chi connectivity index (χ1n) is 8.87. The van der Waals surface area contributed by atoms with Crippen molar-refractivity contribution in [3.63, 3.8) is 0 Å². The van der Waals surface area contributed by atoms with Crippen molar-refractivity contribution in [3.05, 3.63) is 40.4 Å². The van der Waals surface area contributed by atoms with Gasteiger partial charge >= 0.3 is 0 Å². The van der Waals surface area contributed by atoms with E-state index < -0.39 is 0 Å². The molecular weight excluding hydrogens is 318 g/mol. The van der Waals surface area contributed by atoms with Gasteiger partial charge < -0.3 is 14.2 Å². The summed E-state index contributed by atoms with van der Waals surface area (Å²) in [6.07, 6.45) is 6.66. The lowest BCUT2D eigenvalue weighted by Gasteiger charge is -2.36. The molecule has 1 aromatic carbocycles. The van der Waals surface area contributed by atoms with Gasteiger partial charge in [-0.1, -0.05) is 0 Å². The van der Waals surface area contributed by atoms with Crippen LogP contribution in [0.2, 0.25) is 0 Å². The molecule has 0 radical (unpaired) electrons. The van der Waals surface area contributed by atoms with Gasteiger partial charge in [0.05, 0.1) is 17.2 Å². The van der Waals surface area contributed by atoms with E-state index in [1.807, 2.05) is 4.90 Å². The summed E-state index contributed by atoms with van der Waals surface area (Å²) in [6, 6.07) is 5.46. The van der Waals surface area contributed by atoms with Gasteiger partial charge in [0.15, 0.2) is 0 Å². The molecule has 2 aromatic rings. The van der Waals surface area contributed by atoms with Crippen LogP contribution in [-0.2, 0) is 11.8 Å². The monoisotopic (exact) mass is 343 g/mol. The lowest BCUT2D eigenvalue weighted by Crippen LogP contribution is -2.43. The van der Waals surface area contributed by atoms with E-state index in [1.165, 1.54) is 10.9 Å². The third kappa shape index (κ3) is 3.74. The van der Waals surface area contributed by atoms with Crippen molar-refractivity contribution in [1.82, 2.24) is 14.5 Å². The molecule has 0 saturated carbocycles. The second-order valence-electron chi connectivity index (χ2n) is 6.68. The van der Waals surface area contributed by atoms with Crippen molar-refractivity contribution in [3.8, 4) is 0 Å². The molecule has 1 unspecified atom stereocenters. The van der Waals surface area contributed by atoms with Gasteiger partial charge in [0.1, 0.15) is 0 Å². The Kier molecular flexibility index (Phi) is 5.48. The fourth-order valence-electron chi connectivity index (χ4n) is 3.54. The molecule has 6 nitrogen and oxygen atoms in total. The highest BCUT2D eigenvalue weighted by molar-refractivity contribution is 5.97. The Morgan fingerprint density at radius 2 is 2.20 bits per heavy atom. The normalized spacial score (nSPS) is 17.8. The van der Waals surface area contributed by atoms with Gasteiger partial charge in [-0.05, 0) is 50.3 Å². The molecule has 1 aromatic heterocycles. The number of nitrogens with zero attached hydrogens (tertiary/aromatic N) is 3. The highest BCUT2D eigenvalue weighted by atomic mass is 16.5. The number of aryl methyl sites for hydroxylation is 1. The summed E-state index contributed by atoms with van der Waals surface area (Å²) < 4.78 is 6.58.